The number of anilines is 1. The van der Waals surface area contributed by atoms with Crippen molar-refractivity contribution in [2.75, 3.05) is 11.9 Å². The maximum atomic E-state index is 13.8. The van der Waals surface area contributed by atoms with E-state index in [1.165, 1.54) is 18.7 Å². The van der Waals surface area contributed by atoms with Crippen molar-refractivity contribution in [3.05, 3.63) is 83.7 Å². The van der Waals surface area contributed by atoms with Gasteiger partial charge in [-0.2, -0.15) is 5.26 Å². The zero-order valence-electron chi connectivity index (χ0n) is 24.6. The summed E-state index contributed by atoms with van der Waals surface area (Å²) in [6.45, 7) is 15.7. The molecule has 0 aliphatic rings. The molecule has 1 aromatic carbocycles. The smallest absolute Gasteiger partial charge is 0.228 e. The van der Waals surface area contributed by atoms with Crippen LogP contribution >= 0.6 is 0 Å². The van der Waals surface area contributed by atoms with E-state index in [1.807, 2.05) is 10.8 Å². The number of carbonyl (C=O) groups is 2. The minimum absolute atomic E-state index is 0.0700. The molecule has 0 unspecified atom stereocenters. The van der Waals surface area contributed by atoms with Gasteiger partial charge in [0, 0.05) is 29.5 Å². The molecule has 3 heterocycles. The average molecular weight is 569 g/mol. The van der Waals surface area contributed by atoms with Crippen LogP contribution in [0.15, 0.2) is 61.4 Å². The van der Waals surface area contributed by atoms with Gasteiger partial charge in [0.05, 0.1) is 47.6 Å². The largest absolute Gasteiger partial charge is 0.414 e. The lowest BCUT2D eigenvalue weighted by atomic mass is 10.1. The van der Waals surface area contributed by atoms with Crippen molar-refractivity contribution in [3.8, 4) is 6.07 Å². The second kappa shape index (κ2) is 11.3. The number of carbonyl (C=O) groups excluding carboxylic acids is 2. The molecule has 0 fully saturated rings. The summed E-state index contributed by atoms with van der Waals surface area (Å²) >= 11 is 0. The Balaban J connectivity index is 1.57. The Morgan fingerprint density at radius 2 is 1.76 bits per heavy atom. The van der Waals surface area contributed by atoms with Gasteiger partial charge in [-0.25, -0.2) is 9.97 Å². The van der Waals surface area contributed by atoms with E-state index in [9.17, 15) is 9.59 Å². The van der Waals surface area contributed by atoms with Gasteiger partial charge in [0.1, 0.15) is 12.0 Å². The predicted octanol–water partition coefficient (Wildman–Crippen LogP) is 5.87. The highest BCUT2D eigenvalue weighted by Gasteiger charge is 2.39. The Morgan fingerprint density at radius 3 is 2.41 bits per heavy atom. The fraction of sp³-hybridized carbons (Fsp3) is 0.355. The van der Waals surface area contributed by atoms with Crippen LogP contribution in [0.1, 0.15) is 61.7 Å². The fourth-order valence-electron chi connectivity index (χ4n) is 4.13. The van der Waals surface area contributed by atoms with Gasteiger partial charge in [-0.3, -0.25) is 14.6 Å². The molecular weight excluding hydrogens is 532 g/mol. The average Bonchev–Trinajstić information content (AvgIpc) is 3.32. The lowest BCUT2D eigenvalue weighted by Gasteiger charge is -2.39. The molecule has 3 aromatic heterocycles. The Morgan fingerprint density at radius 1 is 1.05 bits per heavy atom. The van der Waals surface area contributed by atoms with Crippen LogP contribution in [0.4, 0.5) is 5.69 Å². The van der Waals surface area contributed by atoms with E-state index >= 15 is 0 Å². The Kier molecular flexibility index (Phi) is 8.24. The molecule has 1 amide bonds. The van der Waals surface area contributed by atoms with Crippen LogP contribution in [0, 0.1) is 11.3 Å². The number of fused-ring (bicyclic) bond motifs is 1. The Hall–Kier alpha value is -4.20. The third-order valence-electron chi connectivity index (χ3n) is 7.69. The van der Waals surface area contributed by atoms with Crippen LogP contribution in [0.2, 0.25) is 18.1 Å². The SMILES string of the molecule is CC(C)(CO[Si](C)(C)C(C)(C)C)n1cc(C(=O)c2cncc(NC(=O)Cc3ccc(C#N)cc3)c2)c2cncnc21. The first-order valence-corrected chi connectivity index (χ1v) is 16.4. The molecule has 1 N–H and O–H groups in total. The molecule has 41 heavy (non-hydrogen) atoms. The van der Waals surface area contributed by atoms with Crippen molar-refractivity contribution in [2.45, 2.75) is 64.7 Å². The van der Waals surface area contributed by atoms with Crippen molar-refractivity contribution < 1.29 is 14.0 Å². The van der Waals surface area contributed by atoms with Crippen LogP contribution in [0.5, 0.6) is 0 Å². The summed E-state index contributed by atoms with van der Waals surface area (Å²) in [7, 11) is -2.00. The summed E-state index contributed by atoms with van der Waals surface area (Å²) in [6, 6.07) is 10.5. The Bertz CT molecular complexity index is 1630. The van der Waals surface area contributed by atoms with Crippen molar-refractivity contribution >= 4 is 36.7 Å². The molecule has 0 bridgehead atoms. The number of hydrogen-bond donors (Lipinski definition) is 1. The zero-order chi connectivity index (χ0) is 30.0. The van der Waals surface area contributed by atoms with Crippen LogP contribution in [0.3, 0.4) is 0 Å². The number of amides is 1. The Labute approximate surface area is 241 Å². The van der Waals surface area contributed by atoms with Gasteiger partial charge in [-0.15, -0.1) is 0 Å². The van der Waals surface area contributed by atoms with Gasteiger partial charge in [-0.1, -0.05) is 32.9 Å². The number of nitrogens with one attached hydrogen (secondary N) is 1. The summed E-state index contributed by atoms with van der Waals surface area (Å²) in [5.74, 6) is -0.505. The molecule has 0 atom stereocenters. The maximum Gasteiger partial charge on any atom is 0.228 e. The van der Waals surface area contributed by atoms with Crippen LogP contribution in [-0.2, 0) is 21.2 Å². The number of hydrogen-bond acceptors (Lipinski definition) is 7. The van der Waals surface area contributed by atoms with E-state index in [0.29, 0.717) is 40.0 Å². The van der Waals surface area contributed by atoms with E-state index in [4.69, 9.17) is 9.69 Å². The number of ketones is 1. The molecule has 0 radical (unpaired) electrons. The maximum absolute atomic E-state index is 13.8. The first kappa shape index (κ1) is 29.8. The summed E-state index contributed by atoms with van der Waals surface area (Å²) < 4.78 is 8.54. The van der Waals surface area contributed by atoms with E-state index in [0.717, 1.165) is 5.56 Å². The lowest BCUT2D eigenvalue weighted by Crippen LogP contribution is -2.45. The first-order chi connectivity index (χ1) is 19.2. The zero-order valence-corrected chi connectivity index (χ0v) is 25.6. The van der Waals surface area contributed by atoms with Crippen LogP contribution < -0.4 is 5.32 Å². The molecule has 212 valence electrons. The number of aromatic nitrogens is 4. The summed E-state index contributed by atoms with van der Waals surface area (Å²) in [6.07, 6.45) is 8.04. The highest BCUT2D eigenvalue weighted by Crippen LogP contribution is 2.38. The van der Waals surface area contributed by atoms with Gasteiger partial charge in [0.2, 0.25) is 5.91 Å². The molecule has 0 aliphatic carbocycles. The first-order valence-electron chi connectivity index (χ1n) is 13.5. The molecule has 0 aliphatic heterocycles. The molecule has 4 rings (SSSR count). The monoisotopic (exact) mass is 568 g/mol. The topological polar surface area (TPSA) is 123 Å². The molecule has 9 nitrogen and oxygen atoms in total. The number of nitrogens with zero attached hydrogens (tertiary/aromatic N) is 5. The molecule has 0 saturated heterocycles. The molecule has 0 spiro atoms. The van der Waals surface area contributed by atoms with Gasteiger partial charge >= 0.3 is 0 Å². The van der Waals surface area contributed by atoms with Crippen LogP contribution in [-0.4, -0.2) is 46.1 Å². The van der Waals surface area contributed by atoms with E-state index in [1.54, 1.807) is 36.5 Å². The summed E-state index contributed by atoms with van der Waals surface area (Å²) in [5, 5.41) is 12.5. The van der Waals surface area contributed by atoms with E-state index in [2.05, 4.69) is 74.1 Å². The normalized spacial score (nSPS) is 12.2. The summed E-state index contributed by atoms with van der Waals surface area (Å²) in [4.78, 5) is 39.3. The van der Waals surface area contributed by atoms with Gasteiger partial charge < -0.3 is 14.3 Å². The van der Waals surface area contributed by atoms with E-state index < -0.39 is 13.9 Å². The molecule has 0 saturated carbocycles. The van der Waals surface area contributed by atoms with Gasteiger partial charge in [-0.05, 0) is 55.7 Å². The number of nitriles is 1. The summed E-state index contributed by atoms with van der Waals surface area (Å²) in [5.41, 5.74) is 2.66. The second-order valence-electron chi connectivity index (χ2n) is 12.4. The second-order valence-corrected chi connectivity index (χ2v) is 17.2. The van der Waals surface area contributed by atoms with Crippen LogP contribution in [0.25, 0.3) is 11.0 Å². The van der Waals surface area contributed by atoms with Gasteiger partial charge in [0.25, 0.3) is 0 Å². The fourth-order valence-corrected chi connectivity index (χ4v) is 5.27. The van der Waals surface area contributed by atoms with Crippen molar-refractivity contribution in [2.24, 2.45) is 0 Å². The van der Waals surface area contributed by atoms with E-state index in [-0.39, 0.29) is 23.1 Å². The molecular formula is C31H36N6O3Si. The third-order valence-corrected chi connectivity index (χ3v) is 12.2. The standard InChI is InChI=1S/C31H36N6O3Si/c1-30(2,3)41(6,7)40-19-31(4,5)37-18-26(25-17-34-20-35-29(25)37)28(39)23-13-24(16-33-15-23)36-27(38)12-21-8-10-22(14-32)11-9-21/h8-11,13,15-18,20H,12,19H2,1-7H3,(H,36,38). The lowest BCUT2D eigenvalue weighted by molar-refractivity contribution is -0.115. The third kappa shape index (κ3) is 6.59. The highest BCUT2D eigenvalue weighted by atomic mass is 28.4. The minimum atomic E-state index is -2.00. The quantitative estimate of drug-likeness (QED) is 0.198. The number of pyridine rings is 1. The van der Waals surface area contributed by atoms with Crippen molar-refractivity contribution in [3.63, 3.8) is 0 Å². The highest BCUT2D eigenvalue weighted by molar-refractivity contribution is 6.74. The van der Waals surface area contributed by atoms with Crippen molar-refractivity contribution in [1.29, 1.82) is 5.26 Å². The number of rotatable bonds is 9. The van der Waals surface area contributed by atoms with Gasteiger partial charge in [0.15, 0.2) is 14.1 Å². The van der Waals surface area contributed by atoms with Crippen molar-refractivity contribution in [1.82, 2.24) is 19.5 Å². The predicted molar refractivity (Wildman–Crippen MR) is 161 cm³/mol. The molecule has 4 aromatic rings. The molecule has 10 heteroatoms. The number of benzene rings is 1. The minimum Gasteiger partial charge on any atom is -0.414 e.